The zero-order valence-electron chi connectivity index (χ0n) is 15.5. The van der Waals surface area contributed by atoms with Gasteiger partial charge in [-0.3, -0.25) is 4.52 Å². The zero-order valence-corrected chi connectivity index (χ0v) is 16.4. The highest BCUT2D eigenvalue weighted by Crippen LogP contribution is 2.37. The third-order valence-corrected chi connectivity index (χ3v) is 4.56. The summed E-state index contributed by atoms with van der Waals surface area (Å²) in [5.74, 6) is -1.73. The van der Waals surface area contributed by atoms with E-state index >= 15 is 0 Å². The summed E-state index contributed by atoms with van der Waals surface area (Å²) in [6.07, 6.45) is 7.88. The molecule has 0 aliphatic heterocycles. The Morgan fingerprint density at radius 3 is 2.19 bits per heavy atom. The average molecular weight is 396 g/mol. The molecule has 0 radical (unpaired) electrons. The van der Waals surface area contributed by atoms with Crippen molar-refractivity contribution in [3.63, 3.8) is 0 Å². The van der Waals surface area contributed by atoms with Crippen LogP contribution in [0.2, 0.25) is 0 Å². The van der Waals surface area contributed by atoms with Gasteiger partial charge in [-0.15, -0.1) is 6.58 Å². The van der Waals surface area contributed by atoms with Crippen molar-refractivity contribution < 1.29 is 38.6 Å². The van der Waals surface area contributed by atoms with Crippen LogP contribution in [0, 0.1) is 5.92 Å². The lowest BCUT2D eigenvalue weighted by molar-refractivity contribution is -0.149. The summed E-state index contributed by atoms with van der Waals surface area (Å²) >= 11 is 0. The Morgan fingerprint density at radius 2 is 1.69 bits per heavy atom. The number of carbonyl (C=O) groups is 1. The Kier molecular flexibility index (Phi) is 13.9. The first kappa shape index (κ1) is 25.2. The van der Waals surface area contributed by atoms with Crippen LogP contribution in [-0.2, 0) is 18.6 Å². The van der Waals surface area contributed by atoms with Crippen molar-refractivity contribution in [1.29, 1.82) is 0 Å². The van der Waals surface area contributed by atoms with E-state index in [2.05, 4.69) is 18.0 Å². The zero-order chi connectivity index (χ0) is 20.0. The largest absolute Gasteiger partial charge is 0.479 e. The number of hydrogen-bond acceptors (Lipinski definition) is 5. The van der Waals surface area contributed by atoms with Gasteiger partial charge in [-0.1, -0.05) is 57.9 Å². The first-order chi connectivity index (χ1) is 12.2. The van der Waals surface area contributed by atoms with E-state index in [1.807, 2.05) is 0 Å². The molecule has 9 heteroatoms. The number of rotatable bonds is 17. The quantitative estimate of drug-likeness (QED) is 0.168. The van der Waals surface area contributed by atoms with Crippen molar-refractivity contribution in [2.45, 2.75) is 70.5 Å². The maximum atomic E-state index is 10.9. The Bertz CT molecular complexity index is 436. The second-order valence-electron chi connectivity index (χ2n) is 6.34. The fourth-order valence-corrected chi connectivity index (χ4v) is 3.02. The predicted molar refractivity (Wildman–Crippen MR) is 97.7 cm³/mol. The van der Waals surface area contributed by atoms with Crippen LogP contribution in [0.15, 0.2) is 12.7 Å². The van der Waals surface area contributed by atoms with Crippen molar-refractivity contribution in [2.75, 3.05) is 13.2 Å². The molecule has 0 saturated carbocycles. The van der Waals surface area contributed by atoms with Gasteiger partial charge in [-0.25, -0.2) is 9.36 Å². The molecule has 3 unspecified atom stereocenters. The number of carboxylic acids is 1. The maximum Gasteiger partial charge on any atom is 0.470 e. The van der Waals surface area contributed by atoms with E-state index < -0.39 is 32.6 Å². The van der Waals surface area contributed by atoms with Gasteiger partial charge in [-0.05, 0) is 6.42 Å². The standard InChI is InChI=1S/C17H33O8P/c1-3-5-6-7-8-9-10-11-14(4-2)15(18)12-24-13-16(17(19)20)25-26(21,22)23/h4,14-16,18H,2-3,5-13H2,1H3,(H,19,20)(H2,21,22,23). The molecular weight excluding hydrogens is 363 g/mol. The van der Waals surface area contributed by atoms with Gasteiger partial charge in [0, 0.05) is 5.92 Å². The molecule has 26 heavy (non-hydrogen) atoms. The molecule has 0 aromatic rings. The highest BCUT2D eigenvalue weighted by Gasteiger charge is 2.28. The van der Waals surface area contributed by atoms with Crippen molar-refractivity contribution >= 4 is 13.8 Å². The first-order valence-electron chi connectivity index (χ1n) is 9.06. The Morgan fingerprint density at radius 1 is 1.12 bits per heavy atom. The van der Waals surface area contributed by atoms with Gasteiger partial charge < -0.3 is 24.7 Å². The lowest BCUT2D eigenvalue weighted by Gasteiger charge is -2.21. The molecule has 3 atom stereocenters. The fourth-order valence-electron chi connectivity index (χ4n) is 2.54. The summed E-state index contributed by atoms with van der Waals surface area (Å²) in [5.41, 5.74) is 0. The summed E-state index contributed by atoms with van der Waals surface area (Å²) in [7, 11) is -4.93. The topological polar surface area (TPSA) is 134 Å². The van der Waals surface area contributed by atoms with Crippen LogP contribution in [-0.4, -0.2) is 51.4 Å². The Balaban J connectivity index is 4.09. The van der Waals surface area contributed by atoms with Gasteiger partial charge in [0.05, 0.1) is 19.3 Å². The number of phosphoric ester groups is 1. The minimum absolute atomic E-state index is 0.165. The van der Waals surface area contributed by atoms with Gasteiger partial charge in [0.15, 0.2) is 6.10 Å². The van der Waals surface area contributed by atoms with E-state index in [1.54, 1.807) is 6.08 Å². The number of aliphatic carboxylic acids is 1. The molecule has 0 rings (SSSR count). The van der Waals surface area contributed by atoms with Crippen LogP contribution in [0.25, 0.3) is 0 Å². The van der Waals surface area contributed by atoms with Gasteiger partial charge in [0.2, 0.25) is 0 Å². The van der Waals surface area contributed by atoms with Crippen molar-refractivity contribution in [2.24, 2.45) is 5.92 Å². The van der Waals surface area contributed by atoms with E-state index in [9.17, 15) is 14.5 Å². The van der Waals surface area contributed by atoms with Crippen LogP contribution in [0.5, 0.6) is 0 Å². The van der Waals surface area contributed by atoms with Crippen molar-refractivity contribution in [1.82, 2.24) is 0 Å². The van der Waals surface area contributed by atoms with Crippen LogP contribution in [0.3, 0.4) is 0 Å². The summed E-state index contributed by atoms with van der Waals surface area (Å²) < 4.78 is 19.9. The van der Waals surface area contributed by atoms with Crippen molar-refractivity contribution in [3.8, 4) is 0 Å². The summed E-state index contributed by atoms with van der Waals surface area (Å²) in [6.45, 7) is 5.14. The first-order valence-corrected chi connectivity index (χ1v) is 10.6. The minimum Gasteiger partial charge on any atom is -0.479 e. The highest BCUT2D eigenvalue weighted by atomic mass is 31.2. The third kappa shape index (κ3) is 13.4. The molecule has 4 N–H and O–H groups in total. The molecule has 0 heterocycles. The van der Waals surface area contributed by atoms with Gasteiger partial charge >= 0.3 is 13.8 Å². The number of phosphoric acid groups is 1. The number of carboxylic acid groups (broad SMARTS) is 1. The lowest BCUT2D eigenvalue weighted by Crippen LogP contribution is -2.31. The van der Waals surface area contributed by atoms with E-state index in [-0.39, 0.29) is 12.5 Å². The number of aliphatic hydroxyl groups excluding tert-OH is 1. The van der Waals surface area contributed by atoms with Gasteiger partial charge in [0.25, 0.3) is 0 Å². The van der Waals surface area contributed by atoms with E-state index in [0.29, 0.717) is 0 Å². The molecule has 0 bridgehead atoms. The van der Waals surface area contributed by atoms with E-state index in [0.717, 1.165) is 25.7 Å². The normalized spacial score (nSPS) is 15.4. The summed E-state index contributed by atoms with van der Waals surface area (Å²) in [6, 6.07) is 0. The fraction of sp³-hybridized carbons (Fsp3) is 0.824. The van der Waals surface area contributed by atoms with Gasteiger partial charge in [0.1, 0.15) is 0 Å². The molecule has 0 fully saturated rings. The molecular formula is C17H33O8P. The molecule has 154 valence electrons. The second-order valence-corrected chi connectivity index (χ2v) is 7.53. The van der Waals surface area contributed by atoms with Crippen LogP contribution in [0.4, 0.5) is 0 Å². The number of aliphatic hydroxyl groups is 1. The van der Waals surface area contributed by atoms with Crippen LogP contribution in [0.1, 0.15) is 58.3 Å². The number of hydrogen-bond donors (Lipinski definition) is 4. The highest BCUT2D eigenvalue weighted by molar-refractivity contribution is 7.46. The Labute approximate surface area is 155 Å². The van der Waals surface area contributed by atoms with E-state index in [4.69, 9.17) is 19.6 Å². The summed E-state index contributed by atoms with van der Waals surface area (Å²) in [4.78, 5) is 28.2. The molecule has 8 nitrogen and oxygen atoms in total. The minimum atomic E-state index is -4.93. The average Bonchev–Trinajstić information content (AvgIpc) is 2.55. The Hall–Kier alpha value is -0.760. The molecule has 0 aliphatic rings. The molecule has 0 amide bonds. The number of ether oxygens (including phenoxy) is 1. The van der Waals surface area contributed by atoms with Crippen LogP contribution < -0.4 is 0 Å². The van der Waals surface area contributed by atoms with Crippen molar-refractivity contribution in [3.05, 3.63) is 12.7 Å². The second kappa shape index (κ2) is 14.3. The molecule has 0 saturated heterocycles. The lowest BCUT2D eigenvalue weighted by atomic mass is 9.95. The maximum absolute atomic E-state index is 10.9. The number of unbranched alkanes of at least 4 members (excludes halogenated alkanes) is 6. The molecule has 0 aliphatic carbocycles. The molecule has 0 aromatic carbocycles. The molecule has 0 aromatic heterocycles. The summed E-state index contributed by atoms with van der Waals surface area (Å²) in [5, 5.41) is 19.0. The third-order valence-electron chi connectivity index (χ3n) is 4.04. The van der Waals surface area contributed by atoms with Crippen LogP contribution >= 0.6 is 7.82 Å². The monoisotopic (exact) mass is 396 g/mol. The van der Waals surface area contributed by atoms with Gasteiger partial charge in [-0.2, -0.15) is 0 Å². The smallest absolute Gasteiger partial charge is 0.470 e. The predicted octanol–water partition coefficient (Wildman–Crippen LogP) is 2.87. The van der Waals surface area contributed by atoms with E-state index in [1.165, 1.54) is 25.7 Å². The SMILES string of the molecule is C=CC(CCCCCCCCC)C(O)COCC(OP(=O)(O)O)C(=O)O. The molecule has 0 spiro atoms.